The van der Waals surface area contributed by atoms with Crippen LogP contribution < -0.4 is 10.6 Å². The van der Waals surface area contributed by atoms with Crippen molar-refractivity contribution in [2.45, 2.75) is 51.0 Å². The van der Waals surface area contributed by atoms with Gasteiger partial charge in [-0.25, -0.2) is 0 Å². The number of hydrogen-bond acceptors (Lipinski definition) is 2. The van der Waals surface area contributed by atoms with Gasteiger partial charge in [-0.05, 0) is 68.4 Å². The predicted octanol–water partition coefficient (Wildman–Crippen LogP) is 3.09. The fraction of sp³-hybridized carbons (Fsp3) is 0.667. The summed E-state index contributed by atoms with van der Waals surface area (Å²) in [4.78, 5) is 4.80. The van der Waals surface area contributed by atoms with E-state index in [-0.39, 0.29) is 5.60 Å². The largest absolute Gasteiger partial charge is 0.373 e. The summed E-state index contributed by atoms with van der Waals surface area (Å²) in [6.45, 7) is 7.83. The Labute approximate surface area is 151 Å². The van der Waals surface area contributed by atoms with Crippen LogP contribution in [0, 0.1) is 11.8 Å². The number of aliphatic imine (C=N–C) groups is 1. The van der Waals surface area contributed by atoms with Crippen molar-refractivity contribution in [3.63, 3.8) is 0 Å². The first-order valence-electron chi connectivity index (χ1n) is 9.94. The van der Waals surface area contributed by atoms with E-state index in [2.05, 4.69) is 48.7 Å². The van der Waals surface area contributed by atoms with E-state index in [4.69, 9.17) is 9.73 Å². The molecule has 1 aromatic carbocycles. The molecule has 2 fully saturated rings. The third-order valence-electron chi connectivity index (χ3n) is 6.21. The molecule has 1 heterocycles. The number of ether oxygens (including phenoxy) is 1. The molecule has 0 aromatic heterocycles. The normalized spacial score (nSPS) is 33.5. The Balaban J connectivity index is 1.35. The van der Waals surface area contributed by atoms with Crippen LogP contribution in [-0.4, -0.2) is 37.8 Å². The van der Waals surface area contributed by atoms with Gasteiger partial charge in [-0.15, -0.1) is 0 Å². The zero-order chi connectivity index (χ0) is 17.3. The van der Waals surface area contributed by atoms with E-state index in [1.165, 1.54) is 12.8 Å². The first-order valence-corrected chi connectivity index (χ1v) is 9.94. The van der Waals surface area contributed by atoms with Crippen LogP contribution in [0.3, 0.4) is 0 Å². The molecule has 1 aliphatic heterocycles. The Bertz CT molecular complexity index is 636. The first kappa shape index (κ1) is 16.9. The zero-order valence-electron chi connectivity index (χ0n) is 15.6. The van der Waals surface area contributed by atoms with E-state index in [1.54, 1.807) is 11.1 Å². The molecular weight excluding hydrogens is 310 g/mol. The first-order chi connectivity index (χ1) is 12.2. The van der Waals surface area contributed by atoms with Gasteiger partial charge in [-0.3, -0.25) is 4.99 Å². The standard InChI is InChI=1S/C21H31N3O/c1-3-22-20(24-14-21(2)11-6-12-25-21)23-13-18-17-10-9-15-7-4-5-8-16(15)19(17)18/h4-5,7-8,17-19H,3,6,9-14H2,1-2H3,(H2,22,23,24). The molecule has 4 nitrogen and oxygen atoms in total. The van der Waals surface area contributed by atoms with Gasteiger partial charge < -0.3 is 15.4 Å². The zero-order valence-corrected chi connectivity index (χ0v) is 15.6. The van der Waals surface area contributed by atoms with Crippen LogP contribution in [0.4, 0.5) is 0 Å². The quantitative estimate of drug-likeness (QED) is 0.639. The van der Waals surface area contributed by atoms with Crippen LogP contribution in [0.1, 0.15) is 50.2 Å². The highest BCUT2D eigenvalue weighted by Gasteiger charge is 2.52. The summed E-state index contributed by atoms with van der Waals surface area (Å²) in [6.07, 6.45) is 4.85. The van der Waals surface area contributed by atoms with Gasteiger partial charge in [0.2, 0.25) is 0 Å². The second-order valence-electron chi connectivity index (χ2n) is 8.07. The van der Waals surface area contributed by atoms with Crippen LogP contribution in [-0.2, 0) is 11.2 Å². The molecule has 0 radical (unpaired) electrons. The lowest BCUT2D eigenvalue weighted by Gasteiger charge is -2.21. The molecule has 3 aliphatic rings. The van der Waals surface area contributed by atoms with Crippen molar-refractivity contribution in [2.24, 2.45) is 16.8 Å². The lowest BCUT2D eigenvalue weighted by atomic mass is 9.92. The van der Waals surface area contributed by atoms with Gasteiger partial charge in [0, 0.05) is 19.7 Å². The van der Waals surface area contributed by atoms with E-state index in [9.17, 15) is 0 Å². The second kappa shape index (κ2) is 6.99. The molecule has 1 aromatic rings. The molecule has 136 valence electrons. The van der Waals surface area contributed by atoms with Crippen LogP contribution in [0.15, 0.2) is 29.3 Å². The lowest BCUT2D eigenvalue weighted by molar-refractivity contribution is 0.0283. The number of fused-ring (bicyclic) bond motifs is 3. The molecule has 4 atom stereocenters. The minimum atomic E-state index is -0.0745. The van der Waals surface area contributed by atoms with Crippen LogP contribution in [0.25, 0.3) is 0 Å². The van der Waals surface area contributed by atoms with Crippen LogP contribution in [0.5, 0.6) is 0 Å². The molecule has 0 amide bonds. The Morgan fingerprint density at radius 2 is 2.20 bits per heavy atom. The van der Waals surface area contributed by atoms with Crippen molar-refractivity contribution in [3.05, 3.63) is 35.4 Å². The highest BCUT2D eigenvalue weighted by atomic mass is 16.5. The van der Waals surface area contributed by atoms with Crippen LogP contribution in [0.2, 0.25) is 0 Å². The maximum absolute atomic E-state index is 5.86. The van der Waals surface area contributed by atoms with Crippen molar-refractivity contribution in [3.8, 4) is 0 Å². The fourth-order valence-electron chi connectivity index (χ4n) is 4.75. The molecule has 1 saturated heterocycles. The third-order valence-corrected chi connectivity index (χ3v) is 6.21. The Morgan fingerprint density at radius 1 is 1.32 bits per heavy atom. The number of guanidine groups is 1. The summed E-state index contributed by atoms with van der Waals surface area (Å²) in [6, 6.07) is 9.01. The van der Waals surface area contributed by atoms with Gasteiger partial charge in [0.05, 0.1) is 12.1 Å². The molecule has 0 spiro atoms. The molecular formula is C21H31N3O. The summed E-state index contributed by atoms with van der Waals surface area (Å²) >= 11 is 0. The van der Waals surface area contributed by atoms with E-state index in [0.717, 1.165) is 62.8 Å². The van der Waals surface area contributed by atoms with Gasteiger partial charge >= 0.3 is 0 Å². The summed E-state index contributed by atoms with van der Waals surface area (Å²) < 4.78 is 5.86. The molecule has 2 N–H and O–H groups in total. The predicted molar refractivity (Wildman–Crippen MR) is 102 cm³/mol. The number of nitrogens with zero attached hydrogens (tertiary/aromatic N) is 1. The van der Waals surface area contributed by atoms with Crippen LogP contribution >= 0.6 is 0 Å². The average molecular weight is 341 g/mol. The molecule has 0 bridgehead atoms. The molecule has 2 aliphatic carbocycles. The highest BCUT2D eigenvalue weighted by Crippen LogP contribution is 2.59. The van der Waals surface area contributed by atoms with E-state index >= 15 is 0 Å². The van der Waals surface area contributed by atoms with Gasteiger partial charge in [0.15, 0.2) is 5.96 Å². The topological polar surface area (TPSA) is 45.7 Å². The summed E-state index contributed by atoms with van der Waals surface area (Å²) in [5.41, 5.74) is 3.09. The molecule has 4 rings (SSSR count). The second-order valence-corrected chi connectivity index (χ2v) is 8.07. The number of nitrogens with one attached hydrogen (secondary N) is 2. The number of benzene rings is 1. The van der Waals surface area contributed by atoms with Crippen molar-refractivity contribution in [1.82, 2.24) is 10.6 Å². The Kier molecular flexibility index (Phi) is 4.72. The maximum atomic E-state index is 5.86. The van der Waals surface area contributed by atoms with Gasteiger partial charge in [0.25, 0.3) is 0 Å². The number of aryl methyl sites for hydroxylation is 1. The minimum Gasteiger partial charge on any atom is -0.373 e. The monoisotopic (exact) mass is 341 g/mol. The van der Waals surface area contributed by atoms with Gasteiger partial charge in [-0.1, -0.05) is 24.3 Å². The van der Waals surface area contributed by atoms with Gasteiger partial charge in [-0.2, -0.15) is 0 Å². The van der Waals surface area contributed by atoms with Crippen molar-refractivity contribution >= 4 is 5.96 Å². The van der Waals surface area contributed by atoms with E-state index in [0.29, 0.717) is 0 Å². The number of hydrogen-bond donors (Lipinski definition) is 2. The molecule has 4 heteroatoms. The number of rotatable bonds is 5. The molecule has 4 unspecified atom stereocenters. The summed E-state index contributed by atoms with van der Waals surface area (Å²) in [5.74, 6) is 3.32. The Hall–Kier alpha value is -1.55. The molecule has 25 heavy (non-hydrogen) atoms. The fourth-order valence-corrected chi connectivity index (χ4v) is 4.75. The smallest absolute Gasteiger partial charge is 0.191 e. The van der Waals surface area contributed by atoms with E-state index < -0.39 is 0 Å². The van der Waals surface area contributed by atoms with Crippen molar-refractivity contribution < 1.29 is 4.74 Å². The minimum absolute atomic E-state index is 0.0745. The van der Waals surface area contributed by atoms with Gasteiger partial charge in [0.1, 0.15) is 0 Å². The lowest BCUT2D eigenvalue weighted by Crippen LogP contribution is -2.40. The highest BCUT2D eigenvalue weighted by molar-refractivity contribution is 5.79. The third kappa shape index (κ3) is 3.55. The average Bonchev–Trinajstić information content (AvgIpc) is 3.19. The van der Waals surface area contributed by atoms with E-state index in [1.807, 2.05) is 0 Å². The molecule has 1 saturated carbocycles. The van der Waals surface area contributed by atoms with Crippen molar-refractivity contribution in [1.29, 1.82) is 0 Å². The summed E-state index contributed by atoms with van der Waals surface area (Å²) in [5, 5.41) is 6.99. The maximum Gasteiger partial charge on any atom is 0.191 e. The Morgan fingerprint density at radius 3 is 3.00 bits per heavy atom. The van der Waals surface area contributed by atoms with Crippen molar-refractivity contribution in [2.75, 3.05) is 26.2 Å². The SMILES string of the molecule is CCNC(=NCC1(C)CCCO1)NCC1C2CCc3ccccc3C21. The summed E-state index contributed by atoms with van der Waals surface area (Å²) in [7, 11) is 0.